The van der Waals surface area contributed by atoms with Gasteiger partial charge in [0.1, 0.15) is 0 Å². The van der Waals surface area contributed by atoms with Gasteiger partial charge in [0, 0.05) is 25.7 Å². The fraction of sp³-hybridized carbons (Fsp3) is 0.400. The van der Waals surface area contributed by atoms with E-state index in [-0.39, 0.29) is 12.4 Å². The van der Waals surface area contributed by atoms with Crippen LogP contribution in [0.4, 0.5) is 5.69 Å². The van der Waals surface area contributed by atoms with Crippen LogP contribution in [-0.4, -0.2) is 20.0 Å². The highest BCUT2D eigenvalue weighted by atomic mass is 35.5. The summed E-state index contributed by atoms with van der Waals surface area (Å²) in [5.74, 6) is 0.685. The van der Waals surface area contributed by atoms with Crippen molar-refractivity contribution in [3.8, 4) is 0 Å². The minimum Gasteiger partial charge on any atom is -0.377 e. The van der Waals surface area contributed by atoms with Crippen molar-refractivity contribution in [1.82, 2.24) is 0 Å². The van der Waals surface area contributed by atoms with E-state index in [0.29, 0.717) is 5.88 Å². The molecular formula is C10H15Cl2N. The van der Waals surface area contributed by atoms with E-state index in [2.05, 4.69) is 23.1 Å². The van der Waals surface area contributed by atoms with Crippen molar-refractivity contribution < 1.29 is 0 Å². The summed E-state index contributed by atoms with van der Waals surface area (Å²) in [6, 6.07) is 8.33. The number of nitrogens with zero attached hydrogens (tertiary/aromatic N) is 1. The van der Waals surface area contributed by atoms with Gasteiger partial charge in [-0.05, 0) is 18.1 Å². The van der Waals surface area contributed by atoms with Crippen LogP contribution in [0.2, 0.25) is 0 Å². The lowest BCUT2D eigenvalue weighted by Gasteiger charge is -2.16. The lowest BCUT2D eigenvalue weighted by atomic mass is 10.1. The average Bonchev–Trinajstić information content (AvgIpc) is 2.05. The number of halogens is 2. The molecule has 0 aromatic heterocycles. The second-order valence-electron chi connectivity index (χ2n) is 2.96. The fourth-order valence-electron chi connectivity index (χ4n) is 1.26. The highest BCUT2D eigenvalue weighted by molar-refractivity contribution is 6.18. The lowest BCUT2D eigenvalue weighted by molar-refractivity contribution is 1.06. The van der Waals surface area contributed by atoms with Crippen molar-refractivity contribution in [2.24, 2.45) is 0 Å². The predicted octanol–water partition coefficient (Wildman–Crippen LogP) is 2.96. The molecule has 0 radical (unpaired) electrons. The van der Waals surface area contributed by atoms with E-state index < -0.39 is 0 Å². The van der Waals surface area contributed by atoms with E-state index in [1.807, 2.05) is 20.2 Å². The van der Waals surface area contributed by atoms with Gasteiger partial charge < -0.3 is 4.90 Å². The topological polar surface area (TPSA) is 3.24 Å². The van der Waals surface area contributed by atoms with E-state index >= 15 is 0 Å². The van der Waals surface area contributed by atoms with Crippen LogP contribution in [0.3, 0.4) is 0 Å². The molecule has 3 heteroatoms. The third-order valence-electron chi connectivity index (χ3n) is 1.84. The van der Waals surface area contributed by atoms with Gasteiger partial charge in [0.2, 0.25) is 0 Å². The number of anilines is 1. The molecule has 0 aliphatic carbocycles. The van der Waals surface area contributed by atoms with E-state index in [1.165, 1.54) is 11.3 Å². The Morgan fingerprint density at radius 1 is 1.23 bits per heavy atom. The van der Waals surface area contributed by atoms with E-state index in [1.54, 1.807) is 0 Å². The number of benzene rings is 1. The van der Waals surface area contributed by atoms with E-state index in [0.717, 1.165) is 6.42 Å². The Morgan fingerprint density at radius 2 is 1.85 bits per heavy atom. The summed E-state index contributed by atoms with van der Waals surface area (Å²) in [6.07, 6.45) is 0.940. The molecule has 1 rings (SSSR count). The second-order valence-corrected chi connectivity index (χ2v) is 3.34. The molecule has 0 spiro atoms. The molecule has 0 heterocycles. The van der Waals surface area contributed by atoms with Crippen LogP contribution >= 0.6 is 24.0 Å². The van der Waals surface area contributed by atoms with Crippen molar-refractivity contribution in [2.45, 2.75) is 6.42 Å². The normalized spacial score (nSPS) is 9.15. The standard InChI is InChI=1S/C10H14ClN.ClH/c1-12(2)10-6-4-3-5-9(10)7-8-11;/h3-6H,7-8H2,1-2H3;1H. The summed E-state index contributed by atoms with van der Waals surface area (Å²) >= 11 is 5.69. The highest BCUT2D eigenvalue weighted by Crippen LogP contribution is 2.18. The van der Waals surface area contributed by atoms with Crippen molar-refractivity contribution in [2.75, 3.05) is 24.9 Å². The largest absolute Gasteiger partial charge is 0.377 e. The number of hydrogen-bond acceptors (Lipinski definition) is 1. The molecule has 0 saturated heterocycles. The van der Waals surface area contributed by atoms with Crippen molar-refractivity contribution >= 4 is 29.7 Å². The second kappa shape index (κ2) is 6.11. The minimum absolute atomic E-state index is 0. The van der Waals surface area contributed by atoms with Gasteiger partial charge in [-0.1, -0.05) is 18.2 Å². The summed E-state index contributed by atoms with van der Waals surface area (Å²) in [7, 11) is 4.10. The van der Waals surface area contributed by atoms with Gasteiger partial charge >= 0.3 is 0 Å². The molecule has 0 aliphatic heterocycles. The quantitative estimate of drug-likeness (QED) is 0.708. The molecular weight excluding hydrogens is 205 g/mol. The SMILES string of the molecule is CN(C)c1ccccc1CCCl.Cl. The molecule has 0 bridgehead atoms. The Hall–Kier alpha value is -0.400. The van der Waals surface area contributed by atoms with Crippen LogP contribution in [0, 0.1) is 0 Å². The van der Waals surface area contributed by atoms with Crippen LogP contribution in [0.5, 0.6) is 0 Å². The molecule has 1 aromatic rings. The van der Waals surface area contributed by atoms with Crippen molar-refractivity contribution in [1.29, 1.82) is 0 Å². The number of rotatable bonds is 3. The summed E-state index contributed by atoms with van der Waals surface area (Å²) in [5, 5.41) is 0. The van der Waals surface area contributed by atoms with Gasteiger partial charge in [-0.25, -0.2) is 0 Å². The minimum atomic E-state index is 0. The summed E-state index contributed by atoms with van der Waals surface area (Å²) in [6.45, 7) is 0. The number of para-hydroxylation sites is 1. The maximum Gasteiger partial charge on any atom is 0.0393 e. The molecule has 0 fully saturated rings. The van der Waals surface area contributed by atoms with Gasteiger partial charge in [0.05, 0.1) is 0 Å². The molecule has 0 N–H and O–H groups in total. The van der Waals surface area contributed by atoms with E-state index in [9.17, 15) is 0 Å². The summed E-state index contributed by atoms with van der Waals surface area (Å²) < 4.78 is 0. The van der Waals surface area contributed by atoms with Gasteiger partial charge in [0.15, 0.2) is 0 Å². The highest BCUT2D eigenvalue weighted by Gasteiger charge is 2.01. The number of alkyl halides is 1. The molecule has 74 valence electrons. The smallest absolute Gasteiger partial charge is 0.0393 e. The van der Waals surface area contributed by atoms with Crippen LogP contribution < -0.4 is 4.90 Å². The zero-order chi connectivity index (χ0) is 8.97. The van der Waals surface area contributed by atoms with Crippen molar-refractivity contribution in [3.63, 3.8) is 0 Å². The summed E-state index contributed by atoms with van der Waals surface area (Å²) in [4.78, 5) is 2.11. The van der Waals surface area contributed by atoms with Crippen LogP contribution in [0.1, 0.15) is 5.56 Å². The lowest BCUT2D eigenvalue weighted by Crippen LogP contribution is -2.11. The van der Waals surface area contributed by atoms with Crippen LogP contribution in [0.25, 0.3) is 0 Å². The first-order chi connectivity index (χ1) is 5.75. The summed E-state index contributed by atoms with van der Waals surface area (Å²) in [5.41, 5.74) is 2.58. The molecule has 13 heavy (non-hydrogen) atoms. The Morgan fingerprint density at radius 3 is 2.38 bits per heavy atom. The van der Waals surface area contributed by atoms with Crippen LogP contribution in [0.15, 0.2) is 24.3 Å². The molecule has 1 aromatic carbocycles. The molecule has 1 nitrogen and oxygen atoms in total. The first-order valence-corrected chi connectivity index (χ1v) is 4.60. The van der Waals surface area contributed by atoms with Crippen molar-refractivity contribution in [3.05, 3.63) is 29.8 Å². The third kappa shape index (κ3) is 3.45. The first-order valence-electron chi connectivity index (χ1n) is 4.07. The maximum atomic E-state index is 5.69. The van der Waals surface area contributed by atoms with E-state index in [4.69, 9.17) is 11.6 Å². The zero-order valence-corrected chi connectivity index (χ0v) is 9.53. The maximum absolute atomic E-state index is 5.69. The Kier molecular flexibility index (Phi) is 5.93. The Bertz CT molecular complexity index is 248. The number of aryl methyl sites for hydroxylation is 1. The zero-order valence-electron chi connectivity index (χ0n) is 7.96. The first kappa shape index (κ1) is 12.6. The number of hydrogen-bond donors (Lipinski definition) is 0. The molecule has 0 aliphatic rings. The average molecular weight is 220 g/mol. The molecule has 0 saturated carbocycles. The molecule has 0 atom stereocenters. The Balaban J connectivity index is 0.00000144. The molecule has 0 unspecified atom stereocenters. The van der Waals surface area contributed by atoms with Gasteiger partial charge in [-0.2, -0.15) is 0 Å². The van der Waals surface area contributed by atoms with Gasteiger partial charge in [0.25, 0.3) is 0 Å². The molecule has 0 amide bonds. The monoisotopic (exact) mass is 219 g/mol. The van der Waals surface area contributed by atoms with Gasteiger partial charge in [-0.3, -0.25) is 0 Å². The fourth-order valence-corrected chi connectivity index (χ4v) is 1.46. The predicted molar refractivity (Wildman–Crippen MR) is 62.4 cm³/mol. The van der Waals surface area contributed by atoms with Gasteiger partial charge in [-0.15, -0.1) is 24.0 Å². The third-order valence-corrected chi connectivity index (χ3v) is 2.03. The van der Waals surface area contributed by atoms with Crippen LogP contribution in [-0.2, 0) is 6.42 Å². The Labute approximate surface area is 91.1 Å².